The van der Waals surface area contributed by atoms with Gasteiger partial charge in [-0.2, -0.15) is 0 Å². The standard InChI is InChI=1S/C22H25NO/c1-16(2)24-22-14-13-19-11-7-8-12-20(19)21(22)15-23-17(3)18-9-5-4-6-10-18/h4-14,16-17,23H,15H2,1-3H3/t17-/m1/s1. The van der Waals surface area contributed by atoms with Gasteiger partial charge in [0.15, 0.2) is 0 Å². The Balaban J connectivity index is 1.89. The Morgan fingerprint density at radius 3 is 2.29 bits per heavy atom. The van der Waals surface area contributed by atoms with Crippen LogP contribution < -0.4 is 10.1 Å². The molecule has 0 unspecified atom stereocenters. The van der Waals surface area contributed by atoms with Crippen LogP contribution in [0.4, 0.5) is 0 Å². The Hall–Kier alpha value is -2.32. The number of hydrogen-bond donors (Lipinski definition) is 1. The van der Waals surface area contributed by atoms with Gasteiger partial charge in [-0.1, -0.05) is 60.7 Å². The summed E-state index contributed by atoms with van der Waals surface area (Å²) in [6.45, 7) is 7.11. The third kappa shape index (κ3) is 3.77. The topological polar surface area (TPSA) is 21.3 Å². The minimum atomic E-state index is 0.163. The highest BCUT2D eigenvalue weighted by molar-refractivity contribution is 5.87. The largest absolute Gasteiger partial charge is 0.491 e. The zero-order valence-corrected chi connectivity index (χ0v) is 14.6. The predicted molar refractivity (Wildman–Crippen MR) is 101 cm³/mol. The fourth-order valence-corrected chi connectivity index (χ4v) is 2.98. The molecule has 0 aliphatic heterocycles. The maximum Gasteiger partial charge on any atom is 0.124 e. The molecule has 1 N–H and O–H groups in total. The van der Waals surface area contributed by atoms with E-state index in [9.17, 15) is 0 Å². The first-order valence-electron chi connectivity index (χ1n) is 8.61. The molecule has 0 bridgehead atoms. The van der Waals surface area contributed by atoms with Gasteiger partial charge in [0.1, 0.15) is 5.75 Å². The summed E-state index contributed by atoms with van der Waals surface area (Å²) in [5, 5.41) is 6.14. The number of hydrogen-bond acceptors (Lipinski definition) is 2. The van der Waals surface area contributed by atoms with E-state index >= 15 is 0 Å². The Morgan fingerprint density at radius 1 is 0.833 bits per heavy atom. The van der Waals surface area contributed by atoms with E-state index in [1.54, 1.807) is 0 Å². The van der Waals surface area contributed by atoms with E-state index in [0.29, 0.717) is 0 Å². The molecule has 124 valence electrons. The maximum absolute atomic E-state index is 6.05. The molecule has 0 saturated carbocycles. The van der Waals surface area contributed by atoms with Crippen molar-refractivity contribution in [1.82, 2.24) is 5.32 Å². The molecule has 1 atom stereocenters. The Kier molecular flexibility index (Phi) is 5.17. The van der Waals surface area contributed by atoms with Crippen molar-refractivity contribution >= 4 is 10.8 Å². The second kappa shape index (κ2) is 7.50. The van der Waals surface area contributed by atoms with Gasteiger partial charge in [0.05, 0.1) is 6.10 Å². The van der Waals surface area contributed by atoms with Crippen molar-refractivity contribution in [2.24, 2.45) is 0 Å². The van der Waals surface area contributed by atoms with Gasteiger partial charge < -0.3 is 10.1 Å². The van der Waals surface area contributed by atoms with Gasteiger partial charge in [-0.25, -0.2) is 0 Å². The number of ether oxygens (including phenoxy) is 1. The molecule has 3 aromatic rings. The van der Waals surface area contributed by atoms with Crippen molar-refractivity contribution < 1.29 is 4.74 Å². The average molecular weight is 319 g/mol. The zero-order chi connectivity index (χ0) is 16.9. The molecular formula is C22H25NO. The van der Waals surface area contributed by atoms with Crippen LogP contribution in [-0.4, -0.2) is 6.10 Å². The minimum absolute atomic E-state index is 0.163. The summed E-state index contributed by atoms with van der Waals surface area (Å²) >= 11 is 0. The van der Waals surface area contributed by atoms with E-state index in [1.807, 2.05) is 0 Å². The van der Waals surface area contributed by atoms with Crippen LogP contribution in [0.1, 0.15) is 37.9 Å². The third-order valence-corrected chi connectivity index (χ3v) is 4.24. The van der Waals surface area contributed by atoms with Gasteiger partial charge in [0, 0.05) is 18.2 Å². The zero-order valence-electron chi connectivity index (χ0n) is 14.6. The van der Waals surface area contributed by atoms with Crippen molar-refractivity contribution in [2.45, 2.75) is 39.5 Å². The lowest BCUT2D eigenvalue weighted by molar-refractivity contribution is 0.239. The summed E-state index contributed by atoms with van der Waals surface area (Å²) in [6.07, 6.45) is 0.163. The lowest BCUT2D eigenvalue weighted by atomic mass is 10.0. The molecule has 0 radical (unpaired) electrons. The molecule has 0 aromatic heterocycles. The maximum atomic E-state index is 6.05. The quantitative estimate of drug-likeness (QED) is 0.650. The number of rotatable bonds is 6. The van der Waals surface area contributed by atoms with Gasteiger partial charge in [0.25, 0.3) is 0 Å². The van der Waals surface area contributed by atoms with E-state index in [-0.39, 0.29) is 12.1 Å². The van der Waals surface area contributed by atoms with Crippen molar-refractivity contribution in [3.63, 3.8) is 0 Å². The normalized spacial score (nSPS) is 12.5. The van der Waals surface area contributed by atoms with E-state index < -0.39 is 0 Å². The molecular weight excluding hydrogens is 294 g/mol. The molecule has 0 saturated heterocycles. The monoisotopic (exact) mass is 319 g/mol. The van der Waals surface area contributed by atoms with Crippen molar-refractivity contribution in [3.05, 3.63) is 77.9 Å². The Labute approximate surface area is 144 Å². The minimum Gasteiger partial charge on any atom is -0.491 e. The molecule has 0 fully saturated rings. The molecule has 2 nitrogen and oxygen atoms in total. The van der Waals surface area contributed by atoms with Gasteiger partial charge in [-0.05, 0) is 43.2 Å². The molecule has 24 heavy (non-hydrogen) atoms. The van der Waals surface area contributed by atoms with Crippen molar-refractivity contribution in [3.8, 4) is 5.75 Å². The molecule has 0 spiro atoms. The van der Waals surface area contributed by atoms with Crippen LogP contribution in [0, 0.1) is 0 Å². The highest BCUT2D eigenvalue weighted by Crippen LogP contribution is 2.29. The molecule has 0 aliphatic rings. The Morgan fingerprint density at radius 2 is 1.54 bits per heavy atom. The van der Waals surface area contributed by atoms with Crippen LogP contribution >= 0.6 is 0 Å². The summed E-state index contributed by atoms with van der Waals surface area (Å²) in [5.74, 6) is 0.969. The lowest BCUT2D eigenvalue weighted by Gasteiger charge is -2.19. The first-order valence-corrected chi connectivity index (χ1v) is 8.61. The molecule has 0 amide bonds. The van der Waals surface area contributed by atoms with Crippen LogP contribution in [0.25, 0.3) is 10.8 Å². The van der Waals surface area contributed by atoms with E-state index in [1.165, 1.54) is 21.9 Å². The highest BCUT2D eigenvalue weighted by atomic mass is 16.5. The summed E-state index contributed by atoms with van der Waals surface area (Å²) in [4.78, 5) is 0. The van der Waals surface area contributed by atoms with Crippen molar-refractivity contribution in [2.75, 3.05) is 0 Å². The summed E-state index contributed by atoms with van der Waals surface area (Å²) in [7, 11) is 0. The van der Waals surface area contributed by atoms with Gasteiger partial charge in [0.2, 0.25) is 0 Å². The van der Waals surface area contributed by atoms with Crippen LogP contribution in [0.2, 0.25) is 0 Å². The molecule has 3 aromatic carbocycles. The molecule has 0 aliphatic carbocycles. The fourth-order valence-electron chi connectivity index (χ4n) is 2.98. The fraction of sp³-hybridized carbons (Fsp3) is 0.273. The summed E-state index contributed by atoms with van der Waals surface area (Å²) < 4.78 is 6.05. The average Bonchev–Trinajstić information content (AvgIpc) is 2.60. The Bertz CT molecular complexity index is 795. The van der Waals surface area contributed by atoms with Gasteiger partial charge in [-0.15, -0.1) is 0 Å². The first-order chi connectivity index (χ1) is 11.6. The second-order valence-corrected chi connectivity index (χ2v) is 6.44. The van der Waals surface area contributed by atoms with E-state index in [2.05, 4.69) is 92.8 Å². The third-order valence-electron chi connectivity index (χ3n) is 4.24. The van der Waals surface area contributed by atoms with Gasteiger partial charge >= 0.3 is 0 Å². The first kappa shape index (κ1) is 16.5. The summed E-state index contributed by atoms with van der Waals surface area (Å²) in [5.41, 5.74) is 2.52. The predicted octanol–water partition coefficient (Wildman–Crippen LogP) is 5.48. The number of nitrogens with one attached hydrogen (secondary N) is 1. The van der Waals surface area contributed by atoms with Crippen LogP contribution in [0.5, 0.6) is 5.75 Å². The molecule has 3 rings (SSSR count). The van der Waals surface area contributed by atoms with Crippen LogP contribution in [0.15, 0.2) is 66.7 Å². The molecule has 0 heterocycles. The van der Waals surface area contributed by atoms with Gasteiger partial charge in [-0.3, -0.25) is 0 Å². The SMILES string of the molecule is CC(C)Oc1ccc2ccccc2c1CN[C@H](C)c1ccccc1. The van der Waals surface area contributed by atoms with E-state index in [4.69, 9.17) is 4.74 Å². The van der Waals surface area contributed by atoms with Crippen LogP contribution in [-0.2, 0) is 6.54 Å². The smallest absolute Gasteiger partial charge is 0.124 e. The van der Waals surface area contributed by atoms with Crippen LogP contribution in [0.3, 0.4) is 0 Å². The van der Waals surface area contributed by atoms with Crippen molar-refractivity contribution in [1.29, 1.82) is 0 Å². The second-order valence-electron chi connectivity index (χ2n) is 6.44. The highest BCUT2D eigenvalue weighted by Gasteiger charge is 2.12. The molecule has 2 heteroatoms. The lowest BCUT2D eigenvalue weighted by Crippen LogP contribution is -2.19. The number of fused-ring (bicyclic) bond motifs is 1. The van der Waals surface area contributed by atoms with E-state index in [0.717, 1.165) is 12.3 Å². The summed E-state index contributed by atoms with van der Waals surface area (Å²) in [6, 6.07) is 23.5. The number of benzene rings is 3.